The van der Waals surface area contributed by atoms with Crippen LogP contribution in [0.2, 0.25) is 0 Å². The van der Waals surface area contributed by atoms with Gasteiger partial charge in [-0.15, -0.1) is 0 Å². The van der Waals surface area contributed by atoms with Crippen LogP contribution >= 0.6 is 0 Å². The zero-order valence-corrected chi connectivity index (χ0v) is 10.5. The first kappa shape index (κ1) is 13.1. The van der Waals surface area contributed by atoms with Crippen LogP contribution in [0.5, 0.6) is 0 Å². The molecule has 0 unspecified atom stereocenters. The maximum absolute atomic E-state index is 12.2. The molecule has 106 valence electrons. The Balaban J connectivity index is 1.77. The van der Waals surface area contributed by atoms with E-state index in [4.69, 9.17) is 4.52 Å². The van der Waals surface area contributed by atoms with Crippen LogP contribution in [0.15, 0.2) is 28.9 Å². The van der Waals surface area contributed by atoms with Gasteiger partial charge in [-0.25, -0.2) is 0 Å². The summed E-state index contributed by atoms with van der Waals surface area (Å²) in [5, 5.41) is 3.64. The van der Waals surface area contributed by atoms with E-state index < -0.39 is 18.0 Å². The molecule has 0 N–H and O–H groups in total. The highest BCUT2D eigenvalue weighted by Gasteiger charge is 2.52. The minimum absolute atomic E-state index is 0.0968. The Hall–Kier alpha value is -1.92. The average Bonchev–Trinajstić information content (AvgIpc) is 3.09. The fourth-order valence-electron chi connectivity index (χ4n) is 2.15. The molecule has 2 aromatic rings. The Morgan fingerprint density at radius 2 is 2.05 bits per heavy atom. The maximum atomic E-state index is 12.2. The maximum Gasteiger partial charge on any atom is 0.389 e. The lowest BCUT2D eigenvalue weighted by molar-refractivity contribution is -0.134. The Kier molecular flexibility index (Phi) is 2.99. The summed E-state index contributed by atoms with van der Waals surface area (Å²) in [7, 11) is 0. The summed E-state index contributed by atoms with van der Waals surface area (Å²) in [5.41, 5.74) is 0.427. The minimum Gasteiger partial charge on any atom is -0.338 e. The average molecular weight is 283 g/mol. The summed E-state index contributed by atoms with van der Waals surface area (Å²) in [4.78, 5) is 8.38. The van der Waals surface area contributed by atoms with Gasteiger partial charge in [0.2, 0.25) is 5.89 Å². The monoisotopic (exact) mass is 283 g/mol. The highest BCUT2D eigenvalue weighted by molar-refractivity contribution is 5.33. The molecule has 1 aliphatic rings. The third-order valence-corrected chi connectivity index (χ3v) is 3.41. The number of alkyl halides is 3. The van der Waals surface area contributed by atoms with Crippen molar-refractivity contribution in [1.29, 1.82) is 0 Å². The first-order valence-corrected chi connectivity index (χ1v) is 6.31. The lowest BCUT2D eigenvalue weighted by Crippen LogP contribution is -2.12. The predicted molar refractivity (Wildman–Crippen MR) is 62.9 cm³/mol. The van der Waals surface area contributed by atoms with Crippen LogP contribution in [0.25, 0.3) is 0 Å². The molecule has 1 fully saturated rings. The van der Waals surface area contributed by atoms with Crippen LogP contribution in [-0.4, -0.2) is 21.3 Å². The topological polar surface area (TPSA) is 51.8 Å². The zero-order chi connectivity index (χ0) is 14.2. The summed E-state index contributed by atoms with van der Waals surface area (Å²) < 4.78 is 41.6. The fourth-order valence-corrected chi connectivity index (χ4v) is 2.15. The Bertz CT molecular complexity index is 590. The summed E-state index contributed by atoms with van der Waals surface area (Å²) in [6.07, 6.45) is -2.08. The number of hydrogen-bond donors (Lipinski definition) is 0. The normalized spacial score (nSPS) is 17.1. The van der Waals surface area contributed by atoms with Gasteiger partial charge in [-0.1, -0.05) is 11.2 Å². The molecule has 1 saturated carbocycles. The van der Waals surface area contributed by atoms with Gasteiger partial charge in [-0.05, 0) is 25.0 Å². The number of aryl methyl sites for hydroxylation is 1. The van der Waals surface area contributed by atoms with Crippen molar-refractivity contribution in [3.05, 3.63) is 41.8 Å². The summed E-state index contributed by atoms with van der Waals surface area (Å²) >= 11 is 0. The van der Waals surface area contributed by atoms with Gasteiger partial charge in [0.1, 0.15) is 0 Å². The van der Waals surface area contributed by atoms with E-state index in [-0.39, 0.29) is 12.2 Å². The molecular weight excluding hydrogens is 271 g/mol. The van der Waals surface area contributed by atoms with Gasteiger partial charge in [-0.3, -0.25) is 4.98 Å². The van der Waals surface area contributed by atoms with Crippen LogP contribution in [0.1, 0.15) is 36.7 Å². The third kappa shape index (κ3) is 2.52. The second-order valence-corrected chi connectivity index (χ2v) is 4.93. The summed E-state index contributed by atoms with van der Waals surface area (Å²) in [6.45, 7) is 0. The molecule has 0 aliphatic heterocycles. The fraction of sp³-hybridized carbons (Fsp3) is 0.462. The van der Waals surface area contributed by atoms with Crippen LogP contribution in [0, 0.1) is 0 Å². The minimum atomic E-state index is -4.21. The zero-order valence-electron chi connectivity index (χ0n) is 10.5. The van der Waals surface area contributed by atoms with Gasteiger partial charge in [-0.2, -0.15) is 18.2 Å². The molecule has 0 spiro atoms. The van der Waals surface area contributed by atoms with Crippen molar-refractivity contribution >= 4 is 0 Å². The summed E-state index contributed by atoms with van der Waals surface area (Å²) in [6, 6.07) is 5.54. The Morgan fingerprint density at radius 3 is 2.65 bits per heavy atom. The SMILES string of the molecule is FC(F)(F)CCc1noc(C2(c3ccccn3)CC2)n1. The Labute approximate surface area is 113 Å². The predicted octanol–water partition coefficient (Wildman–Crippen LogP) is 3.04. The van der Waals surface area contributed by atoms with Crippen molar-refractivity contribution in [2.24, 2.45) is 0 Å². The number of aromatic nitrogens is 3. The molecule has 20 heavy (non-hydrogen) atoms. The van der Waals surface area contributed by atoms with Gasteiger partial charge in [0.25, 0.3) is 0 Å². The van der Waals surface area contributed by atoms with E-state index in [1.165, 1.54) is 0 Å². The summed E-state index contributed by atoms with van der Waals surface area (Å²) in [5.74, 6) is 0.466. The second kappa shape index (κ2) is 4.57. The van der Waals surface area contributed by atoms with Crippen molar-refractivity contribution in [2.45, 2.75) is 37.3 Å². The number of halogens is 3. The van der Waals surface area contributed by atoms with Gasteiger partial charge >= 0.3 is 6.18 Å². The molecule has 0 radical (unpaired) electrons. The number of pyridine rings is 1. The molecule has 1 aliphatic carbocycles. The first-order valence-electron chi connectivity index (χ1n) is 6.31. The lowest BCUT2D eigenvalue weighted by atomic mass is 10.0. The smallest absolute Gasteiger partial charge is 0.338 e. The van der Waals surface area contributed by atoms with Crippen molar-refractivity contribution in [3.8, 4) is 0 Å². The van der Waals surface area contributed by atoms with Crippen LogP contribution in [0.4, 0.5) is 13.2 Å². The van der Waals surface area contributed by atoms with Crippen LogP contribution in [0.3, 0.4) is 0 Å². The molecule has 0 amide bonds. The van der Waals surface area contributed by atoms with E-state index in [9.17, 15) is 13.2 Å². The molecule has 0 aromatic carbocycles. The molecule has 4 nitrogen and oxygen atoms in total. The molecule has 0 atom stereocenters. The number of nitrogens with zero attached hydrogens (tertiary/aromatic N) is 3. The van der Waals surface area contributed by atoms with E-state index in [1.54, 1.807) is 6.20 Å². The Morgan fingerprint density at radius 1 is 1.25 bits per heavy atom. The second-order valence-electron chi connectivity index (χ2n) is 4.93. The first-order chi connectivity index (χ1) is 9.50. The molecular formula is C13H12F3N3O. The van der Waals surface area contributed by atoms with Gasteiger partial charge in [0.05, 0.1) is 17.5 Å². The highest BCUT2D eigenvalue weighted by Crippen LogP contribution is 2.51. The van der Waals surface area contributed by atoms with Gasteiger partial charge in [0.15, 0.2) is 5.82 Å². The molecule has 2 heterocycles. The standard InChI is InChI=1S/C13H12F3N3O/c14-13(15,16)5-4-10-18-11(20-19-10)12(6-7-12)9-3-1-2-8-17-9/h1-3,8H,4-7H2. The molecule has 3 rings (SSSR count). The largest absolute Gasteiger partial charge is 0.389 e. The van der Waals surface area contributed by atoms with Crippen molar-refractivity contribution in [3.63, 3.8) is 0 Å². The van der Waals surface area contributed by atoms with Crippen LogP contribution in [-0.2, 0) is 11.8 Å². The number of hydrogen-bond acceptors (Lipinski definition) is 4. The van der Waals surface area contributed by atoms with Gasteiger partial charge < -0.3 is 4.52 Å². The molecule has 7 heteroatoms. The van der Waals surface area contributed by atoms with E-state index in [0.717, 1.165) is 18.5 Å². The lowest BCUT2D eigenvalue weighted by Gasteiger charge is -2.08. The molecule has 2 aromatic heterocycles. The van der Waals surface area contributed by atoms with E-state index in [0.29, 0.717) is 5.89 Å². The van der Waals surface area contributed by atoms with E-state index >= 15 is 0 Å². The van der Waals surface area contributed by atoms with Gasteiger partial charge in [0, 0.05) is 12.6 Å². The highest BCUT2D eigenvalue weighted by atomic mass is 19.4. The van der Waals surface area contributed by atoms with E-state index in [1.807, 2.05) is 18.2 Å². The van der Waals surface area contributed by atoms with Crippen LogP contribution < -0.4 is 0 Å². The molecule has 0 saturated heterocycles. The molecule has 0 bridgehead atoms. The van der Waals surface area contributed by atoms with Crippen molar-refractivity contribution in [1.82, 2.24) is 15.1 Å². The van der Waals surface area contributed by atoms with E-state index in [2.05, 4.69) is 15.1 Å². The third-order valence-electron chi connectivity index (χ3n) is 3.41. The van der Waals surface area contributed by atoms with Crippen molar-refractivity contribution in [2.75, 3.05) is 0 Å². The quantitative estimate of drug-likeness (QED) is 0.865. The van der Waals surface area contributed by atoms with Crippen molar-refractivity contribution < 1.29 is 17.7 Å². The number of rotatable bonds is 4.